The van der Waals surface area contributed by atoms with Crippen LogP contribution in [0.2, 0.25) is 0 Å². The molecule has 154 valence electrons. The van der Waals surface area contributed by atoms with Gasteiger partial charge < -0.3 is 20.5 Å². The van der Waals surface area contributed by atoms with E-state index in [2.05, 4.69) is 21.1 Å². The van der Waals surface area contributed by atoms with Crippen molar-refractivity contribution in [3.8, 4) is 11.3 Å². The molecule has 0 spiro atoms. The molecule has 0 unspecified atom stereocenters. The molecule has 3 N–H and O–H groups in total. The van der Waals surface area contributed by atoms with Gasteiger partial charge in [-0.3, -0.25) is 14.4 Å². The highest BCUT2D eigenvalue weighted by atomic mass is 16.5. The van der Waals surface area contributed by atoms with Crippen LogP contribution in [0, 0.1) is 13.8 Å². The van der Waals surface area contributed by atoms with Gasteiger partial charge in [0.15, 0.2) is 11.5 Å². The van der Waals surface area contributed by atoms with Gasteiger partial charge in [0.1, 0.15) is 0 Å². The Balaban J connectivity index is 1.45. The van der Waals surface area contributed by atoms with Gasteiger partial charge in [-0.15, -0.1) is 0 Å². The van der Waals surface area contributed by atoms with Gasteiger partial charge in [0.05, 0.1) is 13.1 Å². The molecule has 0 atom stereocenters. The molecule has 8 nitrogen and oxygen atoms in total. The molecular weight excluding hydrogens is 384 g/mol. The number of aryl methyl sites for hydroxylation is 2. The van der Waals surface area contributed by atoms with Crippen LogP contribution < -0.4 is 16.0 Å². The summed E-state index contributed by atoms with van der Waals surface area (Å²) in [5.41, 5.74) is 3.45. The number of carbonyl (C=O) groups excluding carboxylic acids is 3. The third kappa shape index (κ3) is 5.32. The first-order valence-corrected chi connectivity index (χ1v) is 9.37. The molecule has 0 aliphatic heterocycles. The summed E-state index contributed by atoms with van der Waals surface area (Å²) >= 11 is 0. The van der Waals surface area contributed by atoms with Crippen molar-refractivity contribution in [1.29, 1.82) is 0 Å². The van der Waals surface area contributed by atoms with Crippen LogP contribution in [-0.2, 0) is 9.59 Å². The van der Waals surface area contributed by atoms with Gasteiger partial charge in [-0.2, -0.15) is 0 Å². The van der Waals surface area contributed by atoms with E-state index in [1.807, 2.05) is 62.4 Å². The third-order valence-corrected chi connectivity index (χ3v) is 4.40. The van der Waals surface area contributed by atoms with Crippen molar-refractivity contribution in [2.75, 3.05) is 18.4 Å². The quantitative estimate of drug-likeness (QED) is 0.558. The second-order valence-electron chi connectivity index (χ2n) is 6.72. The molecule has 8 heteroatoms. The van der Waals surface area contributed by atoms with Crippen LogP contribution in [0.4, 0.5) is 5.69 Å². The Hall–Kier alpha value is -3.94. The van der Waals surface area contributed by atoms with E-state index in [0.29, 0.717) is 5.76 Å². The molecule has 0 saturated carbocycles. The highest BCUT2D eigenvalue weighted by molar-refractivity contribution is 5.98. The van der Waals surface area contributed by atoms with Crippen LogP contribution in [0.15, 0.2) is 59.1 Å². The zero-order valence-electron chi connectivity index (χ0n) is 16.7. The number of para-hydroxylation sites is 1. The molecule has 0 aliphatic carbocycles. The Morgan fingerprint density at radius 3 is 2.23 bits per heavy atom. The molecule has 2 aromatic carbocycles. The molecule has 3 rings (SSSR count). The van der Waals surface area contributed by atoms with Crippen molar-refractivity contribution in [2.45, 2.75) is 13.8 Å². The number of hydrogen-bond donors (Lipinski definition) is 3. The molecule has 0 aliphatic rings. The summed E-state index contributed by atoms with van der Waals surface area (Å²) < 4.78 is 5.17. The molecule has 0 radical (unpaired) electrons. The van der Waals surface area contributed by atoms with Gasteiger partial charge in [0.25, 0.3) is 5.91 Å². The van der Waals surface area contributed by atoms with Crippen LogP contribution in [-0.4, -0.2) is 36.0 Å². The van der Waals surface area contributed by atoms with E-state index in [1.54, 1.807) is 0 Å². The zero-order valence-corrected chi connectivity index (χ0v) is 16.7. The summed E-state index contributed by atoms with van der Waals surface area (Å²) in [6, 6.07) is 16.4. The minimum Gasteiger partial charge on any atom is -0.355 e. The number of aromatic nitrogens is 1. The summed E-state index contributed by atoms with van der Waals surface area (Å²) in [5, 5.41) is 11.4. The molecular formula is C22H22N4O4. The topological polar surface area (TPSA) is 113 Å². The molecule has 0 bridgehead atoms. The summed E-state index contributed by atoms with van der Waals surface area (Å²) in [4.78, 5) is 36.2. The predicted molar refractivity (Wildman–Crippen MR) is 112 cm³/mol. The minimum atomic E-state index is -0.545. The lowest BCUT2D eigenvalue weighted by atomic mass is 10.1. The van der Waals surface area contributed by atoms with E-state index in [-0.39, 0.29) is 24.7 Å². The third-order valence-electron chi connectivity index (χ3n) is 4.40. The van der Waals surface area contributed by atoms with Crippen molar-refractivity contribution in [3.05, 3.63) is 71.4 Å². The molecule has 30 heavy (non-hydrogen) atoms. The molecule has 1 aromatic heterocycles. The fourth-order valence-electron chi connectivity index (χ4n) is 2.81. The van der Waals surface area contributed by atoms with E-state index in [9.17, 15) is 14.4 Å². The Morgan fingerprint density at radius 2 is 1.53 bits per heavy atom. The first-order valence-electron chi connectivity index (χ1n) is 9.37. The van der Waals surface area contributed by atoms with Crippen LogP contribution >= 0.6 is 0 Å². The van der Waals surface area contributed by atoms with Crippen molar-refractivity contribution < 1.29 is 18.9 Å². The van der Waals surface area contributed by atoms with Gasteiger partial charge in [-0.25, -0.2) is 0 Å². The number of anilines is 1. The summed E-state index contributed by atoms with van der Waals surface area (Å²) in [6.45, 7) is 3.29. The lowest BCUT2D eigenvalue weighted by molar-refractivity contribution is -0.123. The normalized spacial score (nSPS) is 10.3. The number of rotatable bonds is 7. The number of carbonyl (C=O) groups is 3. The van der Waals surface area contributed by atoms with Gasteiger partial charge in [0.2, 0.25) is 11.8 Å². The maximum atomic E-state index is 12.2. The van der Waals surface area contributed by atoms with Crippen molar-refractivity contribution in [2.24, 2.45) is 0 Å². The smallest absolute Gasteiger partial charge is 0.273 e. The predicted octanol–water partition coefficient (Wildman–Crippen LogP) is 2.44. The first-order chi connectivity index (χ1) is 14.4. The number of amides is 3. The summed E-state index contributed by atoms with van der Waals surface area (Å²) in [6.07, 6.45) is 0. The number of nitrogens with zero attached hydrogens (tertiary/aromatic N) is 1. The molecule has 3 amide bonds. The second-order valence-corrected chi connectivity index (χ2v) is 6.72. The van der Waals surface area contributed by atoms with E-state index in [0.717, 1.165) is 22.4 Å². The molecule has 0 saturated heterocycles. The Labute approximate surface area is 173 Å². The minimum absolute atomic E-state index is 0.0643. The summed E-state index contributed by atoms with van der Waals surface area (Å²) in [7, 11) is 0. The zero-order chi connectivity index (χ0) is 21.5. The van der Waals surface area contributed by atoms with Gasteiger partial charge in [-0.1, -0.05) is 53.7 Å². The lowest BCUT2D eigenvalue weighted by Gasteiger charge is -2.12. The Bertz CT molecular complexity index is 1040. The fraction of sp³-hybridized carbons (Fsp3) is 0.182. The summed E-state index contributed by atoms with van der Waals surface area (Å²) in [5.74, 6) is -0.938. The Kier molecular flexibility index (Phi) is 6.59. The SMILES string of the molecule is Cc1cccc(C)c1NC(=O)CNC(=O)CNC(=O)c1cc(-c2ccccc2)on1. The Morgan fingerprint density at radius 1 is 0.867 bits per heavy atom. The van der Waals surface area contributed by atoms with E-state index >= 15 is 0 Å². The van der Waals surface area contributed by atoms with E-state index in [1.165, 1.54) is 6.07 Å². The maximum absolute atomic E-state index is 12.2. The maximum Gasteiger partial charge on any atom is 0.273 e. The van der Waals surface area contributed by atoms with E-state index < -0.39 is 11.8 Å². The van der Waals surface area contributed by atoms with Crippen molar-refractivity contribution in [1.82, 2.24) is 15.8 Å². The fourth-order valence-corrected chi connectivity index (χ4v) is 2.81. The molecule has 0 fully saturated rings. The highest BCUT2D eigenvalue weighted by Crippen LogP contribution is 2.20. The number of benzene rings is 2. The average Bonchev–Trinajstić information content (AvgIpc) is 3.24. The largest absolute Gasteiger partial charge is 0.355 e. The second kappa shape index (κ2) is 9.51. The van der Waals surface area contributed by atoms with Crippen LogP contribution in [0.5, 0.6) is 0 Å². The van der Waals surface area contributed by atoms with Gasteiger partial charge in [-0.05, 0) is 25.0 Å². The standard InChI is InChI=1S/C22H22N4O4/c1-14-7-6-8-15(2)21(14)25-20(28)13-23-19(27)12-24-22(29)17-11-18(30-26-17)16-9-4-3-5-10-16/h3-11H,12-13H2,1-2H3,(H,23,27)(H,24,29)(H,25,28). The lowest BCUT2D eigenvalue weighted by Crippen LogP contribution is -2.40. The number of hydrogen-bond acceptors (Lipinski definition) is 5. The van der Waals surface area contributed by atoms with Crippen molar-refractivity contribution >= 4 is 23.4 Å². The first kappa shape index (κ1) is 20.8. The van der Waals surface area contributed by atoms with Gasteiger partial charge in [0, 0.05) is 17.3 Å². The average molecular weight is 406 g/mol. The highest BCUT2D eigenvalue weighted by Gasteiger charge is 2.15. The number of nitrogens with one attached hydrogen (secondary N) is 3. The van der Waals surface area contributed by atoms with Crippen LogP contribution in [0.3, 0.4) is 0 Å². The van der Waals surface area contributed by atoms with Crippen LogP contribution in [0.1, 0.15) is 21.6 Å². The molecule has 3 aromatic rings. The molecule has 1 heterocycles. The van der Waals surface area contributed by atoms with Crippen molar-refractivity contribution in [3.63, 3.8) is 0 Å². The monoisotopic (exact) mass is 406 g/mol. The van der Waals surface area contributed by atoms with Gasteiger partial charge >= 0.3 is 0 Å². The van der Waals surface area contributed by atoms with Crippen LogP contribution in [0.25, 0.3) is 11.3 Å². The van der Waals surface area contributed by atoms with E-state index in [4.69, 9.17) is 4.52 Å².